The van der Waals surface area contributed by atoms with E-state index in [1.54, 1.807) is 18.2 Å². The second-order valence-electron chi connectivity index (χ2n) is 6.98. The van der Waals surface area contributed by atoms with Crippen molar-refractivity contribution in [1.29, 1.82) is 0 Å². The summed E-state index contributed by atoms with van der Waals surface area (Å²) in [5.74, 6) is 0.287. The number of fused-ring (bicyclic) bond motifs is 2. The predicted octanol–water partition coefficient (Wildman–Crippen LogP) is 2.24. The third kappa shape index (κ3) is 2.98. The molecule has 1 saturated heterocycles. The number of hydrogen-bond donors (Lipinski definition) is 2. The van der Waals surface area contributed by atoms with Crippen molar-refractivity contribution in [2.24, 2.45) is 0 Å². The van der Waals surface area contributed by atoms with Crippen LogP contribution in [0.3, 0.4) is 0 Å². The van der Waals surface area contributed by atoms with Gasteiger partial charge in [0.25, 0.3) is 5.91 Å². The molecule has 5 rings (SSSR count). The first-order valence-electron chi connectivity index (χ1n) is 9.20. The third-order valence-electron chi connectivity index (χ3n) is 5.20. The fourth-order valence-electron chi connectivity index (χ4n) is 3.69. The molecule has 0 spiro atoms. The van der Waals surface area contributed by atoms with Crippen LogP contribution in [0.4, 0.5) is 4.79 Å². The van der Waals surface area contributed by atoms with E-state index in [4.69, 9.17) is 9.47 Å². The van der Waals surface area contributed by atoms with Crippen molar-refractivity contribution in [1.82, 2.24) is 15.2 Å². The lowest BCUT2D eigenvalue weighted by Crippen LogP contribution is -2.36. The number of nitrogens with zero attached hydrogens (tertiary/aromatic N) is 1. The number of H-pyrrole nitrogens is 1. The zero-order valence-electron chi connectivity index (χ0n) is 15.3. The van der Waals surface area contributed by atoms with E-state index < -0.39 is 18.0 Å². The fraction of sp³-hybridized carbons (Fsp3) is 0.190. The first-order chi connectivity index (χ1) is 14.1. The molecule has 1 fully saturated rings. The van der Waals surface area contributed by atoms with Gasteiger partial charge in [0.05, 0.1) is 6.54 Å². The monoisotopic (exact) mass is 391 g/mol. The number of carbonyl (C=O) groups excluding carboxylic acids is 3. The number of carbonyl (C=O) groups is 3. The van der Waals surface area contributed by atoms with Crippen LogP contribution in [0.1, 0.15) is 15.9 Å². The Bertz CT molecular complexity index is 1150. The Labute approximate surface area is 165 Å². The number of aromatic nitrogens is 1. The van der Waals surface area contributed by atoms with Gasteiger partial charge in [-0.05, 0) is 29.8 Å². The molecule has 8 heteroatoms. The number of hydrogen-bond acceptors (Lipinski definition) is 5. The Kier molecular flexibility index (Phi) is 3.97. The lowest BCUT2D eigenvalue weighted by molar-refractivity contribution is -0.127. The molecule has 0 bridgehead atoms. The number of para-hydroxylation sites is 1. The van der Waals surface area contributed by atoms with E-state index in [0.29, 0.717) is 23.5 Å². The quantitative estimate of drug-likeness (QED) is 0.513. The highest BCUT2D eigenvalue weighted by molar-refractivity contribution is 6.09. The molecule has 2 N–H and O–H groups in total. The summed E-state index contributed by atoms with van der Waals surface area (Å²) in [6.07, 6.45) is 2.19. The Morgan fingerprint density at radius 1 is 1.10 bits per heavy atom. The summed E-state index contributed by atoms with van der Waals surface area (Å²) in [4.78, 5) is 41.8. The van der Waals surface area contributed by atoms with Gasteiger partial charge in [-0.3, -0.25) is 14.5 Å². The second kappa shape index (κ2) is 6.66. The number of nitrogens with one attached hydrogen (secondary N) is 2. The topological polar surface area (TPSA) is 101 Å². The summed E-state index contributed by atoms with van der Waals surface area (Å²) >= 11 is 0. The van der Waals surface area contributed by atoms with Crippen LogP contribution in [0.15, 0.2) is 48.7 Å². The molecule has 3 heterocycles. The number of ether oxygens (including phenoxy) is 2. The van der Waals surface area contributed by atoms with Gasteiger partial charge in [-0.2, -0.15) is 0 Å². The third-order valence-corrected chi connectivity index (χ3v) is 5.20. The molecule has 0 unspecified atom stereocenters. The molecule has 3 amide bonds. The smallest absolute Gasteiger partial charge is 0.325 e. The molecule has 1 aromatic heterocycles. The van der Waals surface area contributed by atoms with E-state index in [1.165, 1.54) is 0 Å². The number of rotatable bonds is 5. The normalized spacial score (nSPS) is 17.8. The largest absolute Gasteiger partial charge is 0.454 e. The Hall–Kier alpha value is -3.81. The average molecular weight is 391 g/mol. The van der Waals surface area contributed by atoms with Crippen LogP contribution < -0.4 is 14.8 Å². The van der Waals surface area contributed by atoms with Crippen molar-refractivity contribution in [3.8, 4) is 11.5 Å². The minimum Gasteiger partial charge on any atom is -0.454 e. The summed E-state index contributed by atoms with van der Waals surface area (Å²) in [5.41, 5.74) is 2.26. The van der Waals surface area contributed by atoms with Gasteiger partial charge in [0.1, 0.15) is 6.04 Å². The Balaban J connectivity index is 1.31. The van der Waals surface area contributed by atoms with Crippen LogP contribution in [0, 0.1) is 0 Å². The van der Waals surface area contributed by atoms with Gasteiger partial charge in [-0.1, -0.05) is 18.2 Å². The molecular formula is C21H17N3O5. The van der Waals surface area contributed by atoms with E-state index in [0.717, 1.165) is 21.4 Å². The molecule has 0 aliphatic carbocycles. The summed E-state index contributed by atoms with van der Waals surface area (Å²) in [5, 5.41) is 3.69. The first-order valence-corrected chi connectivity index (χ1v) is 9.20. The number of imide groups is 1. The van der Waals surface area contributed by atoms with Crippen molar-refractivity contribution in [2.75, 3.05) is 13.3 Å². The highest BCUT2D eigenvalue weighted by Gasteiger charge is 2.39. The molecule has 8 nitrogen and oxygen atoms in total. The lowest BCUT2D eigenvalue weighted by Gasteiger charge is -2.12. The lowest BCUT2D eigenvalue weighted by atomic mass is 10.0. The summed E-state index contributed by atoms with van der Waals surface area (Å²) in [6, 6.07) is 11.3. The zero-order chi connectivity index (χ0) is 20.0. The maximum absolute atomic E-state index is 12.8. The van der Waals surface area contributed by atoms with Gasteiger partial charge in [0.2, 0.25) is 6.79 Å². The number of amides is 3. The molecule has 0 saturated carbocycles. The fourth-order valence-corrected chi connectivity index (χ4v) is 3.69. The number of aromatic amines is 1. The average Bonchev–Trinajstić information content (AvgIpc) is 3.42. The molecule has 1 atom stereocenters. The predicted molar refractivity (Wildman–Crippen MR) is 103 cm³/mol. The maximum Gasteiger partial charge on any atom is 0.325 e. The summed E-state index contributed by atoms with van der Waals surface area (Å²) in [6.45, 7) is -0.218. The number of Topliss-reactive ketones (excluding diaryl/α,β-unsaturated/α-hetero) is 1. The Morgan fingerprint density at radius 3 is 2.83 bits per heavy atom. The van der Waals surface area contributed by atoms with E-state index in [-0.39, 0.29) is 19.1 Å². The minimum atomic E-state index is -0.703. The molecule has 2 aliphatic rings. The van der Waals surface area contributed by atoms with Crippen molar-refractivity contribution < 1.29 is 23.9 Å². The highest BCUT2D eigenvalue weighted by Crippen LogP contribution is 2.32. The van der Waals surface area contributed by atoms with Crippen LogP contribution in [0.5, 0.6) is 11.5 Å². The van der Waals surface area contributed by atoms with Gasteiger partial charge >= 0.3 is 6.03 Å². The van der Waals surface area contributed by atoms with Gasteiger partial charge in [0, 0.05) is 29.1 Å². The second-order valence-corrected chi connectivity index (χ2v) is 6.98. The minimum absolute atomic E-state index is 0.107. The van der Waals surface area contributed by atoms with E-state index >= 15 is 0 Å². The number of urea groups is 1. The molecule has 3 aromatic rings. The SMILES string of the molecule is O=C(CN1C(=O)N[C@H](Cc2c[nH]c3ccccc23)C1=O)c1ccc2c(c1)OCO2. The Morgan fingerprint density at radius 2 is 1.93 bits per heavy atom. The van der Waals surface area contributed by atoms with Gasteiger partial charge in [-0.15, -0.1) is 0 Å². The van der Waals surface area contributed by atoms with Gasteiger partial charge in [0.15, 0.2) is 17.3 Å². The van der Waals surface area contributed by atoms with Crippen LogP contribution in [-0.2, 0) is 11.2 Å². The van der Waals surface area contributed by atoms with Crippen molar-refractivity contribution in [2.45, 2.75) is 12.5 Å². The molecule has 29 heavy (non-hydrogen) atoms. The molecule has 2 aliphatic heterocycles. The number of ketones is 1. The van der Waals surface area contributed by atoms with Gasteiger partial charge in [-0.25, -0.2) is 4.79 Å². The standard InChI is InChI=1S/C21H17N3O5/c25-17(12-5-6-18-19(8-12)29-11-28-18)10-24-20(26)16(23-21(24)27)7-13-9-22-15-4-2-1-3-14(13)15/h1-6,8-9,16,22H,7,10-11H2,(H,23,27)/t16-/m1/s1. The van der Waals surface area contributed by atoms with Gasteiger partial charge < -0.3 is 19.8 Å². The van der Waals surface area contributed by atoms with E-state index in [9.17, 15) is 14.4 Å². The molecule has 2 aromatic carbocycles. The highest BCUT2D eigenvalue weighted by atomic mass is 16.7. The van der Waals surface area contributed by atoms with Crippen LogP contribution in [-0.4, -0.2) is 47.0 Å². The maximum atomic E-state index is 12.8. The van der Waals surface area contributed by atoms with Crippen LogP contribution >= 0.6 is 0 Å². The first kappa shape index (κ1) is 17.3. The molecular weight excluding hydrogens is 374 g/mol. The van der Waals surface area contributed by atoms with Crippen LogP contribution in [0.25, 0.3) is 10.9 Å². The summed E-state index contributed by atoms with van der Waals surface area (Å²) in [7, 11) is 0. The van der Waals surface area contributed by atoms with Crippen LogP contribution in [0.2, 0.25) is 0 Å². The van der Waals surface area contributed by atoms with Crippen molar-refractivity contribution >= 4 is 28.6 Å². The zero-order valence-corrected chi connectivity index (χ0v) is 15.3. The van der Waals surface area contributed by atoms with E-state index in [1.807, 2.05) is 30.5 Å². The van der Waals surface area contributed by atoms with E-state index in [2.05, 4.69) is 10.3 Å². The van der Waals surface area contributed by atoms with Crippen molar-refractivity contribution in [3.63, 3.8) is 0 Å². The summed E-state index contributed by atoms with van der Waals surface area (Å²) < 4.78 is 10.5. The number of benzene rings is 2. The molecule has 0 radical (unpaired) electrons. The van der Waals surface area contributed by atoms with Crippen molar-refractivity contribution in [3.05, 3.63) is 59.8 Å². The molecule has 146 valence electrons.